The molecule has 0 radical (unpaired) electrons. The molecule has 3 N–H and O–H groups in total. The maximum absolute atomic E-state index is 11.6. The first-order valence-corrected chi connectivity index (χ1v) is 6.37. The Morgan fingerprint density at radius 3 is 2.73 bits per heavy atom. The lowest BCUT2D eigenvalue weighted by Gasteiger charge is -2.12. The van der Waals surface area contributed by atoms with E-state index >= 15 is 0 Å². The van der Waals surface area contributed by atoms with Crippen molar-refractivity contribution >= 4 is 34.1 Å². The van der Waals surface area contributed by atoms with E-state index in [-0.39, 0.29) is 17.2 Å². The van der Waals surface area contributed by atoms with Crippen LogP contribution in [0.1, 0.15) is 20.8 Å². The van der Waals surface area contributed by atoms with Crippen molar-refractivity contribution in [3.05, 3.63) is 6.20 Å². The van der Waals surface area contributed by atoms with Crippen molar-refractivity contribution in [3.63, 3.8) is 0 Å². The molecule has 0 aliphatic rings. The highest BCUT2D eigenvalue weighted by Gasteiger charge is 2.15. The van der Waals surface area contributed by atoms with Crippen LogP contribution < -0.4 is 11.1 Å². The molecule has 1 amide bonds. The van der Waals surface area contributed by atoms with Crippen LogP contribution in [0.4, 0.5) is 5.13 Å². The Labute approximate surface area is 97.7 Å². The monoisotopic (exact) mass is 245 g/mol. The maximum Gasteiger partial charge on any atom is 0.233 e. The Morgan fingerprint density at radius 2 is 2.27 bits per heavy atom. The van der Waals surface area contributed by atoms with Gasteiger partial charge >= 0.3 is 0 Å². The van der Waals surface area contributed by atoms with Gasteiger partial charge < -0.3 is 11.1 Å². The van der Waals surface area contributed by atoms with Gasteiger partial charge in [-0.05, 0) is 20.8 Å². The summed E-state index contributed by atoms with van der Waals surface area (Å²) in [5.74, 6) is 0.0435. The number of nitrogen functional groups attached to an aromatic ring is 1. The summed E-state index contributed by atoms with van der Waals surface area (Å²) in [5, 5.41) is 3.28. The number of thiazole rings is 1. The van der Waals surface area contributed by atoms with Crippen LogP contribution in [0.5, 0.6) is 0 Å². The highest BCUT2D eigenvalue weighted by Crippen LogP contribution is 2.29. The van der Waals surface area contributed by atoms with E-state index in [1.165, 1.54) is 23.1 Å². The minimum absolute atomic E-state index is 0.0435. The van der Waals surface area contributed by atoms with Crippen LogP contribution in [0, 0.1) is 0 Å². The topological polar surface area (TPSA) is 68.0 Å². The van der Waals surface area contributed by atoms with Gasteiger partial charge in [-0.15, -0.1) is 11.8 Å². The summed E-state index contributed by atoms with van der Waals surface area (Å²) in [7, 11) is 0. The van der Waals surface area contributed by atoms with E-state index in [1.54, 1.807) is 6.20 Å². The molecule has 1 atom stereocenters. The standard InChI is InChI=1S/C9H15N3OS2/c1-5(2)12-8(13)6(3)14-7-4-11-9(10)15-7/h4-6H,1-3H3,(H2,10,11)(H,12,13). The van der Waals surface area contributed by atoms with Gasteiger partial charge in [-0.1, -0.05) is 11.3 Å². The predicted molar refractivity (Wildman–Crippen MR) is 65.1 cm³/mol. The second-order valence-corrected chi connectivity index (χ2v) is 6.14. The van der Waals surface area contributed by atoms with Gasteiger partial charge in [0.1, 0.15) is 0 Å². The van der Waals surface area contributed by atoms with E-state index in [1.807, 2.05) is 20.8 Å². The molecule has 4 nitrogen and oxygen atoms in total. The highest BCUT2D eigenvalue weighted by molar-refractivity contribution is 8.02. The van der Waals surface area contributed by atoms with Gasteiger partial charge in [-0.25, -0.2) is 4.98 Å². The Morgan fingerprint density at radius 1 is 1.60 bits per heavy atom. The number of rotatable bonds is 4. The molecule has 15 heavy (non-hydrogen) atoms. The van der Waals surface area contributed by atoms with E-state index < -0.39 is 0 Å². The summed E-state index contributed by atoms with van der Waals surface area (Å²) >= 11 is 2.88. The lowest BCUT2D eigenvalue weighted by molar-refractivity contribution is -0.120. The van der Waals surface area contributed by atoms with Crippen molar-refractivity contribution in [2.45, 2.75) is 36.3 Å². The van der Waals surface area contributed by atoms with Crippen LogP contribution in [-0.2, 0) is 4.79 Å². The highest BCUT2D eigenvalue weighted by atomic mass is 32.2. The Hall–Kier alpha value is -0.750. The molecule has 1 heterocycles. The smallest absolute Gasteiger partial charge is 0.233 e. The molecule has 0 aliphatic heterocycles. The first-order valence-electron chi connectivity index (χ1n) is 4.67. The summed E-state index contributed by atoms with van der Waals surface area (Å²) in [6, 6.07) is 0.173. The zero-order valence-electron chi connectivity index (χ0n) is 8.98. The molecule has 84 valence electrons. The van der Waals surface area contributed by atoms with Crippen molar-refractivity contribution < 1.29 is 4.79 Å². The normalized spacial score (nSPS) is 12.8. The summed E-state index contributed by atoms with van der Waals surface area (Å²) in [6.07, 6.45) is 1.70. The molecular formula is C9H15N3OS2. The van der Waals surface area contributed by atoms with Crippen LogP contribution >= 0.6 is 23.1 Å². The second-order valence-electron chi connectivity index (χ2n) is 3.44. The second kappa shape index (κ2) is 5.37. The molecule has 0 aliphatic carbocycles. The third kappa shape index (κ3) is 4.09. The molecular weight excluding hydrogens is 230 g/mol. The lowest BCUT2D eigenvalue weighted by atomic mass is 10.3. The average Bonchev–Trinajstić information content (AvgIpc) is 2.50. The fourth-order valence-electron chi connectivity index (χ4n) is 0.956. The summed E-state index contributed by atoms with van der Waals surface area (Å²) in [6.45, 7) is 5.76. The van der Waals surface area contributed by atoms with E-state index in [2.05, 4.69) is 10.3 Å². The third-order valence-corrected chi connectivity index (χ3v) is 3.66. The SMILES string of the molecule is CC(C)NC(=O)C(C)Sc1cnc(N)s1. The summed E-state index contributed by atoms with van der Waals surface area (Å²) < 4.78 is 0.971. The van der Waals surface area contributed by atoms with Crippen LogP contribution in [0.3, 0.4) is 0 Å². The first-order chi connectivity index (χ1) is 6.99. The van der Waals surface area contributed by atoms with Gasteiger partial charge in [0.25, 0.3) is 0 Å². The average molecular weight is 245 g/mol. The number of anilines is 1. The quantitative estimate of drug-likeness (QED) is 0.793. The lowest BCUT2D eigenvalue weighted by Crippen LogP contribution is -2.35. The van der Waals surface area contributed by atoms with Gasteiger partial charge in [-0.3, -0.25) is 4.79 Å². The van der Waals surface area contributed by atoms with Crippen LogP contribution in [-0.4, -0.2) is 22.2 Å². The summed E-state index contributed by atoms with van der Waals surface area (Å²) in [5.41, 5.74) is 5.50. The number of aromatic nitrogens is 1. The number of hydrogen-bond acceptors (Lipinski definition) is 5. The van der Waals surface area contributed by atoms with Gasteiger partial charge in [0.05, 0.1) is 15.7 Å². The van der Waals surface area contributed by atoms with Crippen molar-refractivity contribution in [1.82, 2.24) is 10.3 Å². The third-order valence-electron chi connectivity index (χ3n) is 1.60. The van der Waals surface area contributed by atoms with E-state index in [9.17, 15) is 4.79 Å². The van der Waals surface area contributed by atoms with Gasteiger partial charge in [0.15, 0.2) is 5.13 Å². The molecule has 0 aromatic carbocycles. The molecule has 0 saturated heterocycles. The number of nitrogens with two attached hydrogens (primary N) is 1. The molecule has 1 rings (SSSR count). The molecule has 0 spiro atoms. The number of nitrogens with zero attached hydrogens (tertiary/aromatic N) is 1. The van der Waals surface area contributed by atoms with Crippen molar-refractivity contribution in [2.24, 2.45) is 0 Å². The zero-order chi connectivity index (χ0) is 11.4. The minimum atomic E-state index is -0.118. The Balaban J connectivity index is 2.48. The van der Waals surface area contributed by atoms with E-state index in [0.29, 0.717) is 5.13 Å². The van der Waals surface area contributed by atoms with Crippen LogP contribution in [0.2, 0.25) is 0 Å². The van der Waals surface area contributed by atoms with E-state index in [0.717, 1.165) is 4.21 Å². The number of amides is 1. The molecule has 0 fully saturated rings. The largest absolute Gasteiger partial charge is 0.375 e. The number of thioether (sulfide) groups is 1. The molecule has 1 aromatic rings. The predicted octanol–water partition coefficient (Wildman–Crippen LogP) is 1.73. The number of carbonyl (C=O) groups excluding carboxylic acids is 1. The van der Waals surface area contributed by atoms with E-state index in [4.69, 9.17) is 5.73 Å². The van der Waals surface area contributed by atoms with Gasteiger partial charge in [0.2, 0.25) is 5.91 Å². The molecule has 1 unspecified atom stereocenters. The summed E-state index contributed by atoms with van der Waals surface area (Å²) in [4.78, 5) is 15.5. The Kier molecular flexibility index (Phi) is 4.41. The van der Waals surface area contributed by atoms with Crippen molar-refractivity contribution in [1.29, 1.82) is 0 Å². The van der Waals surface area contributed by atoms with Gasteiger partial charge in [-0.2, -0.15) is 0 Å². The number of carbonyl (C=O) groups is 1. The number of nitrogens with one attached hydrogen (secondary N) is 1. The molecule has 0 saturated carbocycles. The van der Waals surface area contributed by atoms with Crippen LogP contribution in [0.15, 0.2) is 10.4 Å². The minimum Gasteiger partial charge on any atom is -0.375 e. The van der Waals surface area contributed by atoms with Gasteiger partial charge in [0, 0.05) is 6.04 Å². The van der Waals surface area contributed by atoms with Crippen LogP contribution in [0.25, 0.3) is 0 Å². The fourth-order valence-corrected chi connectivity index (χ4v) is 2.89. The van der Waals surface area contributed by atoms with Crippen molar-refractivity contribution in [3.8, 4) is 0 Å². The molecule has 1 aromatic heterocycles. The molecule has 0 bridgehead atoms. The number of hydrogen-bond donors (Lipinski definition) is 2. The zero-order valence-corrected chi connectivity index (χ0v) is 10.6. The van der Waals surface area contributed by atoms with Crippen molar-refractivity contribution in [2.75, 3.05) is 5.73 Å². The Bertz CT molecular complexity index is 338. The maximum atomic E-state index is 11.6. The molecule has 6 heteroatoms. The fraction of sp³-hybridized carbons (Fsp3) is 0.556. The first kappa shape index (κ1) is 12.3.